The van der Waals surface area contributed by atoms with Gasteiger partial charge in [0.15, 0.2) is 6.61 Å². The molecule has 5 nitrogen and oxygen atoms in total. The molecule has 7 heteroatoms. The van der Waals surface area contributed by atoms with Crippen molar-refractivity contribution in [3.05, 3.63) is 28.2 Å². The van der Waals surface area contributed by atoms with Gasteiger partial charge in [-0.25, -0.2) is 0 Å². The van der Waals surface area contributed by atoms with E-state index in [9.17, 15) is 4.79 Å². The lowest BCUT2D eigenvalue weighted by atomic mass is 10.3. The van der Waals surface area contributed by atoms with E-state index in [1.807, 2.05) is 12.1 Å². The Hall–Kier alpha value is -1.95. The molecule has 0 spiro atoms. The first-order valence-electron chi connectivity index (χ1n) is 6.18. The molecule has 0 aliphatic rings. The summed E-state index contributed by atoms with van der Waals surface area (Å²) < 4.78 is 5.35. The van der Waals surface area contributed by atoms with Crippen LogP contribution in [0.1, 0.15) is 12.8 Å². The van der Waals surface area contributed by atoms with Crippen molar-refractivity contribution in [1.82, 2.24) is 4.90 Å². The molecule has 0 aliphatic carbocycles. The fraction of sp³-hybridized carbons (Fsp3) is 0.357. The fourth-order valence-corrected chi connectivity index (χ4v) is 1.90. The van der Waals surface area contributed by atoms with Gasteiger partial charge in [-0.05, 0) is 12.1 Å². The standard InChI is InChI=1S/C14H13Cl2N3O2/c15-11-4-1-5-12(14(11)16)21-10-13(20)19(8-2-6-17)9-3-7-18/h1,4-5H,2-3,8-10H2. The Balaban J connectivity index is 2.62. The number of benzene rings is 1. The van der Waals surface area contributed by atoms with Crippen molar-refractivity contribution in [3.8, 4) is 17.9 Å². The van der Waals surface area contributed by atoms with Crippen LogP contribution in [0.25, 0.3) is 0 Å². The summed E-state index contributed by atoms with van der Waals surface area (Å²) in [5, 5.41) is 17.7. The van der Waals surface area contributed by atoms with Crippen LogP contribution in [0.2, 0.25) is 10.0 Å². The van der Waals surface area contributed by atoms with E-state index in [2.05, 4.69) is 0 Å². The van der Waals surface area contributed by atoms with Crippen molar-refractivity contribution >= 4 is 29.1 Å². The molecule has 110 valence electrons. The van der Waals surface area contributed by atoms with Crippen molar-refractivity contribution in [1.29, 1.82) is 10.5 Å². The van der Waals surface area contributed by atoms with Gasteiger partial charge in [-0.1, -0.05) is 29.3 Å². The Morgan fingerprint density at radius 1 is 1.19 bits per heavy atom. The number of carbonyl (C=O) groups excluding carboxylic acids is 1. The maximum atomic E-state index is 12.0. The minimum Gasteiger partial charge on any atom is -0.482 e. The van der Waals surface area contributed by atoms with Gasteiger partial charge in [-0.2, -0.15) is 10.5 Å². The number of hydrogen-bond donors (Lipinski definition) is 0. The highest BCUT2D eigenvalue weighted by molar-refractivity contribution is 6.42. The maximum absolute atomic E-state index is 12.0. The minimum absolute atomic E-state index is 0.203. The SMILES string of the molecule is N#CCCN(CCC#N)C(=O)COc1cccc(Cl)c1Cl. The Labute approximate surface area is 133 Å². The lowest BCUT2D eigenvalue weighted by molar-refractivity contribution is -0.133. The smallest absolute Gasteiger partial charge is 0.260 e. The highest BCUT2D eigenvalue weighted by Crippen LogP contribution is 2.31. The van der Waals surface area contributed by atoms with Crippen molar-refractivity contribution in [3.63, 3.8) is 0 Å². The molecule has 0 aliphatic heterocycles. The van der Waals surface area contributed by atoms with Gasteiger partial charge >= 0.3 is 0 Å². The largest absolute Gasteiger partial charge is 0.482 e. The second kappa shape index (κ2) is 9.07. The number of nitrogens with zero attached hydrogens (tertiary/aromatic N) is 3. The molecular weight excluding hydrogens is 313 g/mol. The van der Waals surface area contributed by atoms with Crippen molar-refractivity contribution in [2.24, 2.45) is 0 Å². The molecule has 0 radical (unpaired) electrons. The van der Waals surface area contributed by atoms with E-state index in [0.29, 0.717) is 10.8 Å². The van der Waals surface area contributed by atoms with E-state index < -0.39 is 0 Å². The van der Waals surface area contributed by atoms with Crippen LogP contribution in [0.15, 0.2) is 18.2 Å². The highest BCUT2D eigenvalue weighted by Gasteiger charge is 2.15. The van der Waals surface area contributed by atoms with Gasteiger partial charge in [-0.15, -0.1) is 0 Å². The average Bonchev–Trinajstić information content (AvgIpc) is 2.48. The number of ether oxygens (including phenoxy) is 1. The zero-order chi connectivity index (χ0) is 15.7. The average molecular weight is 326 g/mol. The van der Waals surface area contributed by atoms with Gasteiger partial charge in [-0.3, -0.25) is 4.79 Å². The zero-order valence-electron chi connectivity index (χ0n) is 11.2. The van der Waals surface area contributed by atoms with E-state index in [1.165, 1.54) is 4.90 Å². The first kappa shape index (κ1) is 17.1. The molecule has 0 saturated heterocycles. The Morgan fingerprint density at radius 3 is 2.38 bits per heavy atom. The number of amides is 1. The highest BCUT2D eigenvalue weighted by atomic mass is 35.5. The van der Waals surface area contributed by atoms with Gasteiger partial charge in [0.05, 0.1) is 30.0 Å². The first-order chi connectivity index (χ1) is 10.1. The molecular formula is C14H13Cl2N3O2. The second-order valence-corrected chi connectivity index (χ2v) is 4.82. The molecule has 1 aromatic rings. The van der Waals surface area contributed by atoms with Crippen LogP contribution >= 0.6 is 23.2 Å². The Kier molecular flexibility index (Phi) is 7.39. The number of hydrogen-bond acceptors (Lipinski definition) is 4. The summed E-state index contributed by atoms with van der Waals surface area (Å²) in [4.78, 5) is 13.5. The minimum atomic E-state index is -0.309. The Morgan fingerprint density at radius 2 is 1.81 bits per heavy atom. The van der Waals surface area contributed by atoms with Crippen LogP contribution in [0.5, 0.6) is 5.75 Å². The van der Waals surface area contributed by atoms with Crippen LogP contribution in [0.3, 0.4) is 0 Å². The normalized spacial score (nSPS) is 9.52. The number of rotatable bonds is 7. The van der Waals surface area contributed by atoms with Gasteiger partial charge in [0.2, 0.25) is 0 Å². The number of halogens is 2. The van der Waals surface area contributed by atoms with Crippen LogP contribution in [-0.2, 0) is 4.79 Å². The zero-order valence-corrected chi connectivity index (χ0v) is 12.7. The lowest BCUT2D eigenvalue weighted by Crippen LogP contribution is -2.36. The third-order valence-electron chi connectivity index (χ3n) is 2.61. The molecule has 1 amide bonds. The molecule has 0 atom stereocenters. The predicted molar refractivity (Wildman–Crippen MR) is 79.0 cm³/mol. The fourth-order valence-electron chi connectivity index (χ4n) is 1.56. The van der Waals surface area contributed by atoms with Crippen LogP contribution in [0.4, 0.5) is 0 Å². The summed E-state index contributed by atoms with van der Waals surface area (Å²) in [7, 11) is 0. The van der Waals surface area contributed by atoms with Crippen molar-refractivity contribution in [2.45, 2.75) is 12.8 Å². The maximum Gasteiger partial charge on any atom is 0.260 e. The summed E-state index contributed by atoms with van der Waals surface area (Å²) in [5.41, 5.74) is 0. The van der Waals surface area contributed by atoms with Crippen molar-refractivity contribution in [2.75, 3.05) is 19.7 Å². The van der Waals surface area contributed by atoms with E-state index in [0.717, 1.165) is 0 Å². The molecule has 0 saturated carbocycles. The lowest BCUT2D eigenvalue weighted by Gasteiger charge is -2.20. The summed E-state index contributed by atoms with van der Waals surface area (Å²) in [5.74, 6) is 0.00887. The third-order valence-corrected chi connectivity index (χ3v) is 3.41. The van der Waals surface area contributed by atoms with E-state index in [-0.39, 0.29) is 43.5 Å². The predicted octanol–water partition coefficient (Wildman–Crippen LogP) is 3.03. The molecule has 1 rings (SSSR count). The van der Waals surface area contributed by atoms with Gasteiger partial charge in [0.1, 0.15) is 10.8 Å². The molecule has 0 unspecified atom stereocenters. The second-order valence-electron chi connectivity index (χ2n) is 4.04. The van der Waals surface area contributed by atoms with Crippen LogP contribution < -0.4 is 4.74 Å². The molecule has 0 N–H and O–H groups in total. The topological polar surface area (TPSA) is 77.1 Å². The molecule has 0 fully saturated rings. The van der Waals surface area contributed by atoms with E-state index in [1.54, 1.807) is 18.2 Å². The van der Waals surface area contributed by atoms with Gasteiger partial charge < -0.3 is 9.64 Å². The van der Waals surface area contributed by atoms with E-state index in [4.69, 9.17) is 38.5 Å². The molecule has 0 aromatic heterocycles. The summed E-state index contributed by atoms with van der Waals surface area (Å²) >= 11 is 11.8. The molecule has 0 heterocycles. The third kappa shape index (κ3) is 5.51. The summed E-state index contributed by atoms with van der Waals surface area (Å²) in [6.07, 6.45) is 0.407. The van der Waals surface area contributed by atoms with Gasteiger partial charge in [0, 0.05) is 13.1 Å². The molecule has 1 aromatic carbocycles. The van der Waals surface area contributed by atoms with Crippen LogP contribution in [-0.4, -0.2) is 30.5 Å². The first-order valence-corrected chi connectivity index (χ1v) is 6.94. The molecule has 21 heavy (non-hydrogen) atoms. The van der Waals surface area contributed by atoms with E-state index >= 15 is 0 Å². The number of nitriles is 2. The monoisotopic (exact) mass is 325 g/mol. The van der Waals surface area contributed by atoms with Crippen molar-refractivity contribution < 1.29 is 9.53 Å². The van der Waals surface area contributed by atoms with Crippen LogP contribution in [0, 0.1) is 22.7 Å². The quantitative estimate of drug-likeness (QED) is 0.772. The number of carbonyl (C=O) groups is 1. The van der Waals surface area contributed by atoms with Gasteiger partial charge in [0.25, 0.3) is 5.91 Å². The Bertz CT molecular complexity index is 561. The molecule has 0 bridgehead atoms. The summed E-state index contributed by atoms with van der Waals surface area (Å²) in [6, 6.07) is 8.81. The summed E-state index contributed by atoms with van der Waals surface area (Å²) in [6.45, 7) is 0.310.